The molecule has 2 amide bonds. The van der Waals surface area contributed by atoms with Gasteiger partial charge < -0.3 is 16.0 Å². The highest BCUT2D eigenvalue weighted by Gasteiger charge is 2.23. The molecule has 0 aromatic carbocycles. The molecule has 1 aliphatic rings. The molecular formula is C14H23N5O2. The van der Waals surface area contributed by atoms with E-state index in [1.165, 1.54) is 4.68 Å². The standard InChI is InChI=1S/C14H23N5O2/c1-10(2)15-6-5-13(20)18-12-7-16-19(8-12)9-14(21)17-11-3-4-11/h7-8,10-11,15H,3-6,9H2,1-2H3,(H,17,21)(H,18,20). The van der Waals surface area contributed by atoms with Gasteiger partial charge >= 0.3 is 0 Å². The fourth-order valence-corrected chi connectivity index (χ4v) is 1.86. The molecule has 0 spiro atoms. The maximum atomic E-state index is 11.7. The molecule has 2 rings (SSSR count). The Kier molecular flexibility index (Phi) is 5.32. The second kappa shape index (κ2) is 7.21. The highest BCUT2D eigenvalue weighted by molar-refractivity contribution is 5.90. The molecule has 0 unspecified atom stereocenters. The third kappa shape index (κ3) is 5.95. The van der Waals surface area contributed by atoms with Gasteiger partial charge in [-0.1, -0.05) is 13.8 Å². The number of hydrogen-bond donors (Lipinski definition) is 3. The molecule has 0 bridgehead atoms. The van der Waals surface area contributed by atoms with Crippen LogP contribution in [0.1, 0.15) is 33.1 Å². The zero-order chi connectivity index (χ0) is 15.2. The van der Waals surface area contributed by atoms with E-state index in [0.717, 1.165) is 12.8 Å². The largest absolute Gasteiger partial charge is 0.352 e. The summed E-state index contributed by atoms with van der Waals surface area (Å²) in [6.45, 7) is 4.89. The summed E-state index contributed by atoms with van der Waals surface area (Å²) in [5.74, 6) is -0.107. The van der Waals surface area contributed by atoms with Gasteiger partial charge in [0.05, 0.1) is 11.9 Å². The number of rotatable bonds is 8. The van der Waals surface area contributed by atoms with Gasteiger partial charge in [0.25, 0.3) is 0 Å². The van der Waals surface area contributed by atoms with Gasteiger partial charge in [0.2, 0.25) is 11.8 Å². The van der Waals surface area contributed by atoms with Crippen LogP contribution < -0.4 is 16.0 Å². The number of amides is 2. The van der Waals surface area contributed by atoms with Gasteiger partial charge in [-0.2, -0.15) is 5.10 Å². The second-order valence-electron chi connectivity index (χ2n) is 5.68. The van der Waals surface area contributed by atoms with Crippen molar-refractivity contribution in [3.8, 4) is 0 Å². The van der Waals surface area contributed by atoms with Crippen molar-refractivity contribution in [1.29, 1.82) is 0 Å². The van der Waals surface area contributed by atoms with Crippen LogP contribution in [0.3, 0.4) is 0 Å². The van der Waals surface area contributed by atoms with Gasteiger partial charge in [0, 0.05) is 31.2 Å². The first-order valence-electron chi connectivity index (χ1n) is 7.38. The summed E-state index contributed by atoms with van der Waals surface area (Å²) in [4.78, 5) is 23.3. The van der Waals surface area contributed by atoms with Crippen molar-refractivity contribution in [3.63, 3.8) is 0 Å². The minimum atomic E-state index is -0.0647. The van der Waals surface area contributed by atoms with Crippen LogP contribution in [-0.4, -0.2) is 40.2 Å². The Morgan fingerprint density at radius 1 is 1.38 bits per heavy atom. The number of nitrogens with one attached hydrogen (secondary N) is 3. The highest BCUT2D eigenvalue weighted by atomic mass is 16.2. The van der Waals surface area contributed by atoms with Gasteiger partial charge in [-0.05, 0) is 12.8 Å². The quantitative estimate of drug-likeness (QED) is 0.651. The summed E-state index contributed by atoms with van der Waals surface area (Å²) in [6, 6.07) is 0.714. The van der Waals surface area contributed by atoms with Crippen molar-refractivity contribution >= 4 is 17.5 Å². The SMILES string of the molecule is CC(C)NCCC(=O)Nc1cnn(CC(=O)NC2CC2)c1. The average molecular weight is 293 g/mol. The number of nitrogens with zero attached hydrogens (tertiary/aromatic N) is 2. The van der Waals surface area contributed by atoms with Crippen LogP contribution in [0.4, 0.5) is 5.69 Å². The summed E-state index contributed by atoms with van der Waals surface area (Å²) in [5, 5.41) is 12.9. The number of anilines is 1. The molecule has 1 aromatic rings. The lowest BCUT2D eigenvalue weighted by Crippen LogP contribution is -2.29. The minimum absolute atomic E-state index is 0.0420. The minimum Gasteiger partial charge on any atom is -0.352 e. The number of aromatic nitrogens is 2. The highest BCUT2D eigenvalue weighted by Crippen LogP contribution is 2.18. The molecule has 116 valence electrons. The maximum Gasteiger partial charge on any atom is 0.241 e. The number of carbonyl (C=O) groups is 2. The van der Waals surface area contributed by atoms with Crippen LogP contribution >= 0.6 is 0 Å². The maximum absolute atomic E-state index is 11.7. The van der Waals surface area contributed by atoms with Crippen molar-refractivity contribution in [2.24, 2.45) is 0 Å². The van der Waals surface area contributed by atoms with E-state index in [4.69, 9.17) is 0 Å². The Bertz CT molecular complexity index is 493. The summed E-state index contributed by atoms with van der Waals surface area (Å²) in [6.07, 6.45) is 5.76. The van der Waals surface area contributed by atoms with Crippen LogP contribution in [0, 0.1) is 0 Å². The van der Waals surface area contributed by atoms with Crippen LogP contribution in [0.5, 0.6) is 0 Å². The molecule has 0 radical (unpaired) electrons. The number of carbonyl (C=O) groups excluding carboxylic acids is 2. The van der Waals surface area contributed by atoms with Gasteiger partial charge in [0.1, 0.15) is 6.54 Å². The molecule has 1 aliphatic carbocycles. The lowest BCUT2D eigenvalue weighted by atomic mass is 10.3. The average Bonchev–Trinajstić information content (AvgIpc) is 3.09. The molecule has 7 nitrogen and oxygen atoms in total. The summed E-state index contributed by atoms with van der Waals surface area (Å²) in [5.41, 5.74) is 0.615. The van der Waals surface area contributed by atoms with Gasteiger partial charge in [-0.3, -0.25) is 14.3 Å². The van der Waals surface area contributed by atoms with E-state index in [1.807, 2.05) is 13.8 Å². The Morgan fingerprint density at radius 2 is 2.14 bits per heavy atom. The fourth-order valence-electron chi connectivity index (χ4n) is 1.86. The Labute approximate surface area is 124 Å². The summed E-state index contributed by atoms with van der Waals surface area (Å²) in [7, 11) is 0. The molecule has 0 aliphatic heterocycles. The van der Waals surface area contributed by atoms with E-state index in [2.05, 4.69) is 21.0 Å². The summed E-state index contributed by atoms with van der Waals surface area (Å²) >= 11 is 0. The lowest BCUT2D eigenvalue weighted by Gasteiger charge is -2.07. The van der Waals surface area contributed by atoms with Crippen molar-refractivity contribution < 1.29 is 9.59 Å². The lowest BCUT2D eigenvalue weighted by molar-refractivity contribution is -0.122. The summed E-state index contributed by atoms with van der Waals surface area (Å²) < 4.78 is 1.53. The third-order valence-corrected chi connectivity index (χ3v) is 3.07. The van der Waals surface area contributed by atoms with Crippen LogP contribution in [-0.2, 0) is 16.1 Å². The van der Waals surface area contributed by atoms with E-state index < -0.39 is 0 Å². The Hall–Kier alpha value is -1.89. The fraction of sp³-hybridized carbons (Fsp3) is 0.643. The predicted octanol–water partition coefficient (Wildman–Crippen LogP) is 0.488. The Morgan fingerprint density at radius 3 is 2.81 bits per heavy atom. The molecular weight excluding hydrogens is 270 g/mol. The molecule has 21 heavy (non-hydrogen) atoms. The molecule has 1 fully saturated rings. The molecule has 3 N–H and O–H groups in total. The smallest absolute Gasteiger partial charge is 0.241 e. The van der Waals surface area contributed by atoms with Gasteiger partial charge in [-0.25, -0.2) is 0 Å². The zero-order valence-electron chi connectivity index (χ0n) is 12.6. The molecule has 0 saturated heterocycles. The van der Waals surface area contributed by atoms with E-state index in [1.54, 1.807) is 12.4 Å². The molecule has 1 heterocycles. The third-order valence-electron chi connectivity index (χ3n) is 3.07. The first-order chi connectivity index (χ1) is 10.0. The first kappa shape index (κ1) is 15.5. The molecule has 1 saturated carbocycles. The van der Waals surface area contributed by atoms with Crippen LogP contribution in [0.25, 0.3) is 0 Å². The van der Waals surface area contributed by atoms with E-state index in [9.17, 15) is 9.59 Å². The molecule has 1 aromatic heterocycles. The Balaban J connectivity index is 1.71. The van der Waals surface area contributed by atoms with Crippen molar-refractivity contribution in [2.45, 2.75) is 51.7 Å². The van der Waals surface area contributed by atoms with Gasteiger partial charge in [-0.15, -0.1) is 0 Å². The number of hydrogen-bond acceptors (Lipinski definition) is 4. The van der Waals surface area contributed by atoms with Crippen molar-refractivity contribution in [2.75, 3.05) is 11.9 Å². The molecule has 7 heteroatoms. The van der Waals surface area contributed by atoms with E-state index in [-0.39, 0.29) is 18.4 Å². The van der Waals surface area contributed by atoms with E-state index in [0.29, 0.717) is 30.7 Å². The van der Waals surface area contributed by atoms with Gasteiger partial charge in [0.15, 0.2) is 0 Å². The predicted molar refractivity (Wildman–Crippen MR) is 79.8 cm³/mol. The molecule has 0 atom stereocenters. The van der Waals surface area contributed by atoms with Crippen LogP contribution in [0.15, 0.2) is 12.4 Å². The second-order valence-corrected chi connectivity index (χ2v) is 5.68. The monoisotopic (exact) mass is 293 g/mol. The topological polar surface area (TPSA) is 88.1 Å². The van der Waals surface area contributed by atoms with E-state index >= 15 is 0 Å². The van der Waals surface area contributed by atoms with Crippen LogP contribution in [0.2, 0.25) is 0 Å². The zero-order valence-corrected chi connectivity index (χ0v) is 12.6. The van der Waals surface area contributed by atoms with Crippen molar-refractivity contribution in [1.82, 2.24) is 20.4 Å². The van der Waals surface area contributed by atoms with Crippen molar-refractivity contribution in [3.05, 3.63) is 12.4 Å². The normalized spacial score (nSPS) is 14.2. The first-order valence-corrected chi connectivity index (χ1v) is 7.38.